The molecule has 0 unspecified atom stereocenters. The predicted octanol–water partition coefficient (Wildman–Crippen LogP) is 0.402. The SMILES string of the molecule is CCCCOc1nc(N)nc(N)c1N. The van der Waals surface area contributed by atoms with Crippen LogP contribution in [0.1, 0.15) is 19.8 Å². The van der Waals surface area contributed by atoms with Crippen molar-refractivity contribution in [2.45, 2.75) is 19.8 Å². The summed E-state index contributed by atoms with van der Waals surface area (Å²) in [7, 11) is 0. The largest absolute Gasteiger partial charge is 0.476 e. The van der Waals surface area contributed by atoms with Gasteiger partial charge in [0.1, 0.15) is 5.69 Å². The lowest BCUT2D eigenvalue weighted by Crippen LogP contribution is -2.08. The number of anilines is 3. The molecule has 0 aliphatic rings. The van der Waals surface area contributed by atoms with Crippen molar-refractivity contribution < 1.29 is 4.74 Å². The van der Waals surface area contributed by atoms with Gasteiger partial charge >= 0.3 is 0 Å². The number of nitrogens with two attached hydrogens (primary N) is 3. The van der Waals surface area contributed by atoms with Crippen LogP contribution in [-0.2, 0) is 0 Å². The fourth-order valence-corrected chi connectivity index (χ4v) is 0.906. The minimum atomic E-state index is 0.0724. The molecule has 1 heterocycles. The first-order valence-electron chi connectivity index (χ1n) is 4.46. The lowest BCUT2D eigenvalue weighted by atomic mass is 10.4. The number of unbranched alkanes of at least 4 members (excludes halogenated alkanes) is 1. The zero-order valence-electron chi connectivity index (χ0n) is 8.16. The van der Waals surface area contributed by atoms with Crippen molar-refractivity contribution in [2.75, 3.05) is 23.8 Å². The average molecular weight is 197 g/mol. The highest BCUT2D eigenvalue weighted by atomic mass is 16.5. The normalized spacial score (nSPS) is 10.1. The average Bonchev–Trinajstić information content (AvgIpc) is 2.13. The molecule has 6 nitrogen and oxygen atoms in total. The van der Waals surface area contributed by atoms with E-state index >= 15 is 0 Å². The van der Waals surface area contributed by atoms with E-state index in [0.717, 1.165) is 12.8 Å². The topological polar surface area (TPSA) is 113 Å². The number of nitrogens with zero attached hydrogens (tertiary/aromatic N) is 2. The van der Waals surface area contributed by atoms with Gasteiger partial charge in [-0.25, -0.2) is 0 Å². The summed E-state index contributed by atoms with van der Waals surface area (Å²) in [5.41, 5.74) is 16.7. The van der Waals surface area contributed by atoms with Crippen LogP contribution in [0, 0.1) is 0 Å². The van der Waals surface area contributed by atoms with Crippen molar-refractivity contribution in [2.24, 2.45) is 0 Å². The van der Waals surface area contributed by atoms with Gasteiger partial charge in [-0.2, -0.15) is 9.97 Å². The van der Waals surface area contributed by atoms with Crippen LogP contribution in [-0.4, -0.2) is 16.6 Å². The Labute approximate surface area is 82.5 Å². The first kappa shape index (κ1) is 10.4. The lowest BCUT2D eigenvalue weighted by molar-refractivity contribution is 0.300. The molecule has 1 aromatic rings. The molecule has 0 bridgehead atoms. The van der Waals surface area contributed by atoms with Crippen LogP contribution in [0.15, 0.2) is 0 Å². The molecule has 0 fully saturated rings. The summed E-state index contributed by atoms with van der Waals surface area (Å²) >= 11 is 0. The molecule has 6 N–H and O–H groups in total. The number of aromatic nitrogens is 2. The van der Waals surface area contributed by atoms with E-state index in [1.807, 2.05) is 0 Å². The summed E-state index contributed by atoms with van der Waals surface area (Å²) < 4.78 is 5.30. The number of hydrogen-bond acceptors (Lipinski definition) is 6. The van der Waals surface area contributed by atoms with Crippen LogP contribution in [0.25, 0.3) is 0 Å². The number of ether oxygens (including phenoxy) is 1. The Bertz CT molecular complexity index is 315. The molecule has 78 valence electrons. The fraction of sp³-hybridized carbons (Fsp3) is 0.500. The lowest BCUT2D eigenvalue weighted by Gasteiger charge is -2.08. The Morgan fingerprint density at radius 3 is 2.57 bits per heavy atom. The molecule has 6 heteroatoms. The van der Waals surface area contributed by atoms with E-state index < -0.39 is 0 Å². The second-order valence-corrected chi connectivity index (χ2v) is 2.89. The molecule has 0 spiro atoms. The van der Waals surface area contributed by atoms with Crippen molar-refractivity contribution in [3.05, 3.63) is 0 Å². The van der Waals surface area contributed by atoms with Gasteiger partial charge in [-0.3, -0.25) is 0 Å². The summed E-state index contributed by atoms with van der Waals surface area (Å²) in [6, 6.07) is 0. The Morgan fingerprint density at radius 2 is 1.93 bits per heavy atom. The maximum absolute atomic E-state index is 5.60. The molecule has 14 heavy (non-hydrogen) atoms. The summed E-state index contributed by atoms with van der Waals surface area (Å²) in [4.78, 5) is 7.55. The summed E-state index contributed by atoms with van der Waals surface area (Å²) in [5.74, 6) is 0.496. The van der Waals surface area contributed by atoms with Gasteiger partial charge in [0.05, 0.1) is 6.61 Å². The van der Waals surface area contributed by atoms with Crippen LogP contribution in [0.5, 0.6) is 5.88 Å². The minimum absolute atomic E-state index is 0.0724. The molecule has 1 aromatic heterocycles. The van der Waals surface area contributed by atoms with Gasteiger partial charge < -0.3 is 21.9 Å². The number of nitrogen functional groups attached to an aromatic ring is 3. The molecule has 0 aliphatic carbocycles. The molecule has 1 rings (SSSR count). The highest BCUT2D eigenvalue weighted by Crippen LogP contribution is 2.24. The zero-order chi connectivity index (χ0) is 10.6. The minimum Gasteiger partial charge on any atom is -0.476 e. The first-order chi connectivity index (χ1) is 6.65. The van der Waals surface area contributed by atoms with Gasteiger partial charge in [0.2, 0.25) is 11.8 Å². The Kier molecular flexibility index (Phi) is 3.33. The van der Waals surface area contributed by atoms with Gasteiger partial charge in [-0.05, 0) is 6.42 Å². The van der Waals surface area contributed by atoms with Crippen LogP contribution < -0.4 is 21.9 Å². The third-order valence-electron chi connectivity index (χ3n) is 1.69. The Balaban J connectivity index is 2.75. The second-order valence-electron chi connectivity index (χ2n) is 2.89. The van der Waals surface area contributed by atoms with E-state index in [0.29, 0.717) is 6.61 Å². The van der Waals surface area contributed by atoms with Gasteiger partial charge in [-0.15, -0.1) is 0 Å². The molecule has 0 aliphatic heterocycles. The van der Waals surface area contributed by atoms with Crippen molar-refractivity contribution in [3.8, 4) is 5.88 Å². The van der Waals surface area contributed by atoms with Gasteiger partial charge in [0, 0.05) is 0 Å². The van der Waals surface area contributed by atoms with Gasteiger partial charge in [-0.1, -0.05) is 13.3 Å². The predicted molar refractivity (Wildman–Crippen MR) is 55.7 cm³/mol. The quantitative estimate of drug-likeness (QED) is 0.602. The molecule has 0 radical (unpaired) electrons. The van der Waals surface area contributed by atoms with E-state index in [9.17, 15) is 0 Å². The van der Waals surface area contributed by atoms with Crippen molar-refractivity contribution >= 4 is 17.5 Å². The molecule has 0 saturated heterocycles. The monoisotopic (exact) mass is 197 g/mol. The summed E-state index contributed by atoms with van der Waals surface area (Å²) in [5, 5.41) is 0. The van der Waals surface area contributed by atoms with E-state index in [2.05, 4.69) is 16.9 Å². The molecular weight excluding hydrogens is 182 g/mol. The molecule has 0 saturated carbocycles. The Morgan fingerprint density at radius 1 is 1.21 bits per heavy atom. The summed E-state index contributed by atoms with van der Waals surface area (Å²) in [6.07, 6.45) is 1.97. The third-order valence-corrected chi connectivity index (χ3v) is 1.69. The molecular formula is C8H15N5O. The first-order valence-corrected chi connectivity index (χ1v) is 4.46. The van der Waals surface area contributed by atoms with Crippen LogP contribution in [0.3, 0.4) is 0 Å². The second kappa shape index (κ2) is 4.50. The maximum atomic E-state index is 5.60. The van der Waals surface area contributed by atoms with Crippen molar-refractivity contribution in [3.63, 3.8) is 0 Å². The van der Waals surface area contributed by atoms with Gasteiger partial charge in [0.15, 0.2) is 5.82 Å². The van der Waals surface area contributed by atoms with Crippen molar-refractivity contribution in [1.29, 1.82) is 0 Å². The number of hydrogen-bond donors (Lipinski definition) is 3. The van der Waals surface area contributed by atoms with E-state index in [1.165, 1.54) is 0 Å². The molecule has 0 aromatic carbocycles. The molecule has 0 amide bonds. The van der Waals surface area contributed by atoms with Crippen LogP contribution in [0.4, 0.5) is 17.5 Å². The van der Waals surface area contributed by atoms with E-state index in [4.69, 9.17) is 21.9 Å². The highest BCUT2D eigenvalue weighted by molar-refractivity contribution is 5.65. The molecule has 0 atom stereocenters. The van der Waals surface area contributed by atoms with E-state index in [1.54, 1.807) is 0 Å². The van der Waals surface area contributed by atoms with E-state index in [-0.39, 0.29) is 23.3 Å². The Hall–Kier alpha value is -1.72. The third kappa shape index (κ3) is 2.38. The van der Waals surface area contributed by atoms with Crippen LogP contribution >= 0.6 is 0 Å². The smallest absolute Gasteiger partial charge is 0.244 e. The maximum Gasteiger partial charge on any atom is 0.244 e. The highest BCUT2D eigenvalue weighted by Gasteiger charge is 2.08. The van der Waals surface area contributed by atoms with Crippen LogP contribution in [0.2, 0.25) is 0 Å². The number of rotatable bonds is 4. The van der Waals surface area contributed by atoms with Gasteiger partial charge in [0.25, 0.3) is 0 Å². The summed E-state index contributed by atoms with van der Waals surface area (Å²) in [6.45, 7) is 2.62. The fourth-order valence-electron chi connectivity index (χ4n) is 0.906. The zero-order valence-corrected chi connectivity index (χ0v) is 8.16. The van der Waals surface area contributed by atoms with Crippen molar-refractivity contribution in [1.82, 2.24) is 9.97 Å². The standard InChI is InChI=1S/C8H15N5O/c1-2-3-4-14-7-5(9)6(10)12-8(11)13-7/h2-4,9H2,1H3,(H4,10,11,12,13).